The maximum absolute atomic E-state index is 10.6. The number of carbonyl (C=O) groups is 1. The molecule has 0 radical (unpaired) electrons. The Morgan fingerprint density at radius 2 is 2.47 bits per heavy atom. The quantitative estimate of drug-likeness (QED) is 0.791. The lowest BCUT2D eigenvalue weighted by Crippen LogP contribution is -2.29. The molecular weight excluding hydrogens is 220 g/mol. The Morgan fingerprint density at radius 1 is 1.65 bits per heavy atom. The van der Waals surface area contributed by atoms with Gasteiger partial charge in [0.05, 0.1) is 12.7 Å². The molecule has 2 rings (SSSR count). The van der Waals surface area contributed by atoms with Gasteiger partial charge in [0.15, 0.2) is 5.69 Å². The van der Waals surface area contributed by atoms with Gasteiger partial charge in [0.25, 0.3) is 0 Å². The first-order valence-corrected chi connectivity index (χ1v) is 6.02. The highest BCUT2D eigenvalue weighted by atomic mass is 16.4. The highest BCUT2D eigenvalue weighted by Crippen LogP contribution is 2.24. The smallest absolute Gasteiger partial charge is 0.358 e. The summed E-state index contributed by atoms with van der Waals surface area (Å²) in [5.74, 6) is -0.216. The molecule has 2 unspecified atom stereocenters. The van der Waals surface area contributed by atoms with E-state index in [1.54, 1.807) is 4.68 Å². The zero-order valence-electron chi connectivity index (χ0n) is 9.96. The van der Waals surface area contributed by atoms with E-state index < -0.39 is 5.97 Å². The second-order valence-electron chi connectivity index (χ2n) is 4.74. The second kappa shape index (κ2) is 5.27. The molecule has 1 aromatic heterocycles. The monoisotopic (exact) mass is 238 g/mol. The van der Waals surface area contributed by atoms with Crippen LogP contribution in [0.25, 0.3) is 0 Å². The molecule has 1 saturated carbocycles. The fourth-order valence-corrected chi connectivity index (χ4v) is 2.28. The van der Waals surface area contributed by atoms with E-state index in [4.69, 9.17) is 5.11 Å². The summed E-state index contributed by atoms with van der Waals surface area (Å²) in [4.78, 5) is 10.6. The molecule has 2 N–H and O–H groups in total. The molecule has 0 aliphatic heterocycles. The van der Waals surface area contributed by atoms with Crippen molar-refractivity contribution in [3.63, 3.8) is 0 Å². The van der Waals surface area contributed by atoms with Gasteiger partial charge in [-0.2, -0.15) is 0 Å². The Kier molecular flexibility index (Phi) is 3.73. The third-order valence-corrected chi connectivity index (χ3v) is 3.23. The summed E-state index contributed by atoms with van der Waals surface area (Å²) in [5.41, 5.74) is -0.000474. The van der Waals surface area contributed by atoms with Crippen molar-refractivity contribution in [1.82, 2.24) is 20.3 Å². The van der Waals surface area contributed by atoms with Gasteiger partial charge in [-0.15, -0.1) is 5.10 Å². The third-order valence-electron chi connectivity index (χ3n) is 3.23. The van der Waals surface area contributed by atoms with Gasteiger partial charge in [-0.1, -0.05) is 12.1 Å². The Labute approximate surface area is 100 Å². The molecule has 94 valence electrons. The Bertz CT molecular complexity index is 391. The summed E-state index contributed by atoms with van der Waals surface area (Å²) in [6.45, 7) is 3.74. The van der Waals surface area contributed by atoms with Gasteiger partial charge >= 0.3 is 5.97 Å². The highest BCUT2D eigenvalue weighted by molar-refractivity contribution is 5.84. The van der Waals surface area contributed by atoms with E-state index in [-0.39, 0.29) is 5.69 Å². The van der Waals surface area contributed by atoms with Crippen molar-refractivity contribution >= 4 is 5.97 Å². The van der Waals surface area contributed by atoms with Crippen LogP contribution >= 0.6 is 0 Å². The number of hydrogen-bond donors (Lipinski definition) is 2. The normalized spacial score (nSPS) is 24.1. The lowest BCUT2D eigenvalue weighted by atomic mass is 10.1. The van der Waals surface area contributed by atoms with Crippen molar-refractivity contribution in [3.05, 3.63) is 11.9 Å². The van der Waals surface area contributed by atoms with Gasteiger partial charge in [-0.25, -0.2) is 4.79 Å². The van der Waals surface area contributed by atoms with Crippen LogP contribution in [-0.4, -0.2) is 38.7 Å². The van der Waals surface area contributed by atoms with Crippen molar-refractivity contribution in [3.8, 4) is 0 Å². The Morgan fingerprint density at radius 3 is 3.06 bits per heavy atom. The molecule has 0 spiro atoms. The highest BCUT2D eigenvalue weighted by Gasteiger charge is 2.20. The molecule has 1 fully saturated rings. The minimum absolute atomic E-state index is 0.000474. The van der Waals surface area contributed by atoms with Crippen molar-refractivity contribution < 1.29 is 9.90 Å². The van der Waals surface area contributed by atoms with Crippen LogP contribution in [0.3, 0.4) is 0 Å². The first-order chi connectivity index (χ1) is 8.15. The number of aromatic nitrogens is 3. The molecule has 2 atom stereocenters. The molecule has 1 aliphatic rings. The molecule has 0 saturated heterocycles. The Hall–Kier alpha value is -1.43. The molecule has 0 bridgehead atoms. The van der Waals surface area contributed by atoms with Crippen LogP contribution in [0.4, 0.5) is 0 Å². The predicted octanol–water partition coefficient (Wildman–Crippen LogP) is 0.754. The maximum atomic E-state index is 10.6. The fourth-order valence-electron chi connectivity index (χ4n) is 2.28. The standard InChI is InChI=1S/C11H18N4O2/c1-8-2-3-9(6-8)12-4-5-15-7-10(11(16)17)13-14-15/h7-9,12H,2-6H2,1H3,(H,16,17). The van der Waals surface area contributed by atoms with Crippen LogP contribution in [0.5, 0.6) is 0 Å². The molecule has 0 aromatic carbocycles. The first-order valence-electron chi connectivity index (χ1n) is 6.02. The van der Waals surface area contributed by atoms with Crippen LogP contribution < -0.4 is 5.32 Å². The van der Waals surface area contributed by atoms with E-state index in [2.05, 4.69) is 22.6 Å². The number of rotatable bonds is 5. The molecule has 1 aliphatic carbocycles. The fraction of sp³-hybridized carbons (Fsp3) is 0.727. The molecule has 1 heterocycles. The lowest BCUT2D eigenvalue weighted by molar-refractivity contribution is 0.0690. The average Bonchev–Trinajstić information content (AvgIpc) is 2.88. The summed E-state index contributed by atoms with van der Waals surface area (Å²) < 4.78 is 1.56. The van der Waals surface area contributed by atoms with Gasteiger partial charge in [-0.05, 0) is 25.2 Å². The second-order valence-corrected chi connectivity index (χ2v) is 4.74. The zero-order valence-corrected chi connectivity index (χ0v) is 9.96. The van der Waals surface area contributed by atoms with Crippen molar-refractivity contribution in [2.75, 3.05) is 6.54 Å². The summed E-state index contributed by atoms with van der Waals surface area (Å²) in [6.07, 6.45) is 5.22. The summed E-state index contributed by atoms with van der Waals surface area (Å²) in [5, 5.41) is 19.5. The number of aromatic carboxylic acids is 1. The van der Waals surface area contributed by atoms with E-state index in [1.807, 2.05) is 0 Å². The van der Waals surface area contributed by atoms with Crippen LogP contribution in [-0.2, 0) is 6.54 Å². The summed E-state index contributed by atoms with van der Waals surface area (Å²) in [6, 6.07) is 0.604. The number of nitrogens with one attached hydrogen (secondary N) is 1. The molecule has 1 aromatic rings. The van der Waals surface area contributed by atoms with Crippen molar-refractivity contribution in [2.45, 2.75) is 38.8 Å². The molecule has 6 nitrogen and oxygen atoms in total. The largest absolute Gasteiger partial charge is 0.476 e. The van der Waals surface area contributed by atoms with E-state index in [0.29, 0.717) is 12.6 Å². The number of carboxylic acid groups (broad SMARTS) is 1. The minimum atomic E-state index is -1.03. The number of nitrogens with zero attached hydrogens (tertiary/aromatic N) is 3. The SMILES string of the molecule is CC1CCC(NCCn2cc(C(=O)O)nn2)C1. The topological polar surface area (TPSA) is 80.0 Å². The third kappa shape index (κ3) is 3.26. The van der Waals surface area contributed by atoms with Crippen LogP contribution in [0.15, 0.2) is 6.20 Å². The molecular formula is C11H18N4O2. The van der Waals surface area contributed by atoms with E-state index >= 15 is 0 Å². The average molecular weight is 238 g/mol. The van der Waals surface area contributed by atoms with E-state index in [1.165, 1.54) is 25.5 Å². The van der Waals surface area contributed by atoms with Crippen LogP contribution in [0, 0.1) is 5.92 Å². The van der Waals surface area contributed by atoms with Gasteiger partial charge < -0.3 is 10.4 Å². The molecule has 0 amide bonds. The maximum Gasteiger partial charge on any atom is 0.358 e. The lowest BCUT2D eigenvalue weighted by Gasteiger charge is -2.11. The van der Waals surface area contributed by atoms with Crippen LogP contribution in [0.1, 0.15) is 36.7 Å². The summed E-state index contributed by atoms with van der Waals surface area (Å²) >= 11 is 0. The van der Waals surface area contributed by atoms with Crippen molar-refractivity contribution in [1.29, 1.82) is 0 Å². The number of hydrogen-bond acceptors (Lipinski definition) is 4. The van der Waals surface area contributed by atoms with Crippen LogP contribution in [0.2, 0.25) is 0 Å². The molecule has 17 heavy (non-hydrogen) atoms. The van der Waals surface area contributed by atoms with Gasteiger partial charge in [0.1, 0.15) is 0 Å². The predicted molar refractivity (Wildman–Crippen MR) is 61.8 cm³/mol. The van der Waals surface area contributed by atoms with E-state index in [0.717, 1.165) is 12.5 Å². The Balaban J connectivity index is 1.72. The van der Waals surface area contributed by atoms with Gasteiger partial charge in [0, 0.05) is 12.6 Å². The number of carboxylic acids is 1. The minimum Gasteiger partial charge on any atom is -0.476 e. The van der Waals surface area contributed by atoms with Gasteiger partial charge in [-0.3, -0.25) is 4.68 Å². The van der Waals surface area contributed by atoms with Crippen molar-refractivity contribution in [2.24, 2.45) is 5.92 Å². The summed E-state index contributed by atoms with van der Waals surface area (Å²) in [7, 11) is 0. The van der Waals surface area contributed by atoms with Gasteiger partial charge in [0.2, 0.25) is 0 Å². The first kappa shape index (κ1) is 12.0. The zero-order chi connectivity index (χ0) is 12.3. The van der Waals surface area contributed by atoms with E-state index in [9.17, 15) is 4.79 Å². The molecule has 6 heteroatoms.